The van der Waals surface area contributed by atoms with Crippen LogP contribution < -0.4 is 5.73 Å². The topological polar surface area (TPSA) is 56.7 Å². The number of fused-ring (bicyclic) bond motifs is 3. The van der Waals surface area contributed by atoms with E-state index in [4.69, 9.17) is 10.7 Å². The number of nitrogens with two attached hydrogens (primary N) is 1. The Morgan fingerprint density at radius 3 is 2.59 bits per heavy atom. The fourth-order valence-corrected chi connectivity index (χ4v) is 4.30. The Balaban J connectivity index is 1.75. The number of pyridine rings is 1. The number of unbranched alkanes of at least 4 members (excludes halogenated alkanes) is 1. The van der Waals surface area contributed by atoms with Gasteiger partial charge >= 0.3 is 0 Å². The molecular weight excluding hydrogens is 352 g/mol. The van der Waals surface area contributed by atoms with Crippen LogP contribution in [0.4, 0.5) is 5.82 Å². The molecule has 4 rings (SSSR count). The molecule has 2 N–H and O–H groups in total. The minimum atomic E-state index is 0.524. The summed E-state index contributed by atoms with van der Waals surface area (Å²) >= 11 is 1.87. The first-order valence-corrected chi connectivity index (χ1v) is 10.5. The molecule has 0 radical (unpaired) electrons. The summed E-state index contributed by atoms with van der Waals surface area (Å²) in [6.07, 6.45) is 3.24. The third kappa shape index (κ3) is 3.65. The van der Waals surface area contributed by atoms with E-state index in [0.29, 0.717) is 5.82 Å². The van der Waals surface area contributed by atoms with Crippen LogP contribution in [0, 0.1) is 0 Å². The zero-order valence-corrected chi connectivity index (χ0v) is 16.4. The number of imidazole rings is 1. The molecule has 0 spiro atoms. The molecule has 2 heterocycles. The lowest BCUT2D eigenvalue weighted by molar-refractivity contribution is 0.680. The summed E-state index contributed by atoms with van der Waals surface area (Å²) < 4.78 is 2.36. The van der Waals surface area contributed by atoms with Gasteiger partial charge in [-0.15, -0.1) is 11.8 Å². The molecule has 0 aliphatic heterocycles. The zero-order valence-electron chi connectivity index (χ0n) is 15.6. The summed E-state index contributed by atoms with van der Waals surface area (Å²) in [7, 11) is 0. The van der Waals surface area contributed by atoms with E-state index in [1.807, 2.05) is 23.9 Å². The first-order valence-electron chi connectivity index (χ1n) is 9.49. The van der Waals surface area contributed by atoms with E-state index >= 15 is 0 Å². The van der Waals surface area contributed by atoms with Crippen LogP contribution in [0.3, 0.4) is 0 Å². The van der Waals surface area contributed by atoms with Crippen molar-refractivity contribution in [1.82, 2.24) is 14.5 Å². The van der Waals surface area contributed by atoms with Crippen LogP contribution in [0.5, 0.6) is 0 Å². The van der Waals surface area contributed by atoms with E-state index in [-0.39, 0.29) is 0 Å². The number of para-hydroxylation sites is 1. The first kappa shape index (κ1) is 17.9. The van der Waals surface area contributed by atoms with Crippen LogP contribution >= 0.6 is 11.8 Å². The number of hydrogen-bond donors (Lipinski definition) is 1. The Labute approximate surface area is 163 Å². The lowest BCUT2D eigenvalue weighted by atomic mass is 10.2. The number of nitrogens with zero attached hydrogens (tertiary/aromatic N) is 3. The number of hydrogen-bond acceptors (Lipinski definition) is 4. The molecule has 0 unspecified atom stereocenters. The van der Waals surface area contributed by atoms with Gasteiger partial charge in [-0.25, -0.2) is 9.97 Å². The van der Waals surface area contributed by atoms with Crippen molar-refractivity contribution in [3.8, 4) is 0 Å². The number of thioether (sulfide) groups is 1. The predicted molar refractivity (Wildman–Crippen MR) is 115 cm³/mol. The second kappa shape index (κ2) is 8.01. The molecule has 2 aromatic carbocycles. The number of nitrogen functional groups attached to an aromatic ring is 1. The van der Waals surface area contributed by atoms with Gasteiger partial charge in [0.05, 0.1) is 11.0 Å². The van der Waals surface area contributed by atoms with Gasteiger partial charge in [0.25, 0.3) is 0 Å². The highest BCUT2D eigenvalue weighted by Crippen LogP contribution is 2.30. The Kier molecular flexibility index (Phi) is 5.30. The molecule has 0 atom stereocenters. The maximum atomic E-state index is 6.26. The standard InChI is InChI=1S/C22H24N4S/c1-2-3-13-19-25-20-21(17-11-7-8-12-18(17)24-22(20)23)26(19)14-15-27-16-9-5-4-6-10-16/h4-12H,2-3,13-15H2,1H3,(H2,23,24). The summed E-state index contributed by atoms with van der Waals surface area (Å²) in [5.74, 6) is 2.63. The monoisotopic (exact) mass is 376 g/mol. The van der Waals surface area contributed by atoms with Crippen molar-refractivity contribution in [3.63, 3.8) is 0 Å². The smallest absolute Gasteiger partial charge is 0.152 e. The molecule has 4 nitrogen and oxygen atoms in total. The lowest BCUT2D eigenvalue weighted by Gasteiger charge is -2.11. The predicted octanol–water partition coefficient (Wildman–Crippen LogP) is 5.30. The second-order valence-corrected chi connectivity index (χ2v) is 7.82. The molecule has 0 saturated heterocycles. The molecule has 2 aromatic heterocycles. The quantitative estimate of drug-likeness (QED) is 0.445. The van der Waals surface area contributed by atoms with Crippen LogP contribution in [0.1, 0.15) is 25.6 Å². The fraction of sp³-hybridized carbons (Fsp3) is 0.273. The molecule has 4 aromatic rings. The molecule has 27 heavy (non-hydrogen) atoms. The highest BCUT2D eigenvalue weighted by Gasteiger charge is 2.16. The Morgan fingerprint density at radius 1 is 1.00 bits per heavy atom. The third-order valence-corrected chi connectivity index (χ3v) is 5.76. The van der Waals surface area contributed by atoms with E-state index in [1.165, 1.54) is 4.90 Å². The summed E-state index contributed by atoms with van der Waals surface area (Å²) in [6, 6.07) is 18.7. The minimum Gasteiger partial charge on any atom is -0.382 e. The highest BCUT2D eigenvalue weighted by atomic mass is 32.2. The maximum Gasteiger partial charge on any atom is 0.152 e. The summed E-state index contributed by atoms with van der Waals surface area (Å²) in [5, 5.41) is 1.13. The van der Waals surface area contributed by atoms with Crippen molar-refractivity contribution in [2.24, 2.45) is 0 Å². The Bertz CT molecular complexity index is 1060. The van der Waals surface area contributed by atoms with Crippen LogP contribution in [-0.2, 0) is 13.0 Å². The highest BCUT2D eigenvalue weighted by molar-refractivity contribution is 7.99. The number of benzene rings is 2. The van der Waals surface area contributed by atoms with Gasteiger partial charge in [-0.3, -0.25) is 0 Å². The van der Waals surface area contributed by atoms with Crippen molar-refractivity contribution in [2.45, 2.75) is 37.6 Å². The molecular formula is C22H24N4S. The van der Waals surface area contributed by atoms with Crippen molar-refractivity contribution in [3.05, 3.63) is 60.4 Å². The van der Waals surface area contributed by atoms with Gasteiger partial charge in [0.2, 0.25) is 0 Å². The van der Waals surface area contributed by atoms with E-state index < -0.39 is 0 Å². The van der Waals surface area contributed by atoms with Crippen LogP contribution in [0.2, 0.25) is 0 Å². The fourth-order valence-electron chi connectivity index (χ4n) is 3.44. The number of rotatable bonds is 7. The van der Waals surface area contributed by atoms with E-state index in [1.54, 1.807) is 0 Å². The summed E-state index contributed by atoms with van der Waals surface area (Å²) in [5.41, 5.74) is 9.15. The van der Waals surface area contributed by atoms with E-state index in [9.17, 15) is 0 Å². The number of aromatic nitrogens is 3. The average molecular weight is 377 g/mol. The van der Waals surface area contributed by atoms with Gasteiger partial charge < -0.3 is 10.3 Å². The van der Waals surface area contributed by atoms with Gasteiger partial charge in [-0.05, 0) is 24.6 Å². The van der Waals surface area contributed by atoms with Gasteiger partial charge in [0.15, 0.2) is 5.82 Å². The number of aryl methyl sites for hydroxylation is 2. The Hall–Kier alpha value is -2.53. The van der Waals surface area contributed by atoms with Gasteiger partial charge in [0, 0.05) is 29.0 Å². The van der Waals surface area contributed by atoms with E-state index in [0.717, 1.165) is 59.3 Å². The average Bonchev–Trinajstić information content (AvgIpc) is 3.07. The van der Waals surface area contributed by atoms with Crippen molar-refractivity contribution < 1.29 is 0 Å². The number of anilines is 1. The van der Waals surface area contributed by atoms with Crippen LogP contribution in [-0.4, -0.2) is 20.3 Å². The molecule has 138 valence electrons. The molecule has 0 fully saturated rings. The van der Waals surface area contributed by atoms with Crippen LogP contribution in [0.25, 0.3) is 21.9 Å². The Morgan fingerprint density at radius 2 is 1.78 bits per heavy atom. The van der Waals surface area contributed by atoms with Gasteiger partial charge in [-0.1, -0.05) is 49.7 Å². The molecule has 0 saturated carbocycles. The van der Waals surface area contributed by atoms with Crippen molar-refractivity contribution >= 4 is 39.5 Å². The van der Waals surface area contributed by atoms with Gasteiger partial charge in [-0.2, -0.15) is 0 Å². The largest absolute Gasteiger partial charge is 0.382 e. The first-order chi connectivity index (χ1) is 13.3. The molecule has 0 amide bonds. The molecule has 0 aliphatic carbocycles. The molecule has 5 heteroatoms. The normalized spacial score (nSPS) is 11.4. The molecule has 0 bridgehead atoms. The van der Waals surface area contributed by atoms with Gasteiger partial charge in [0.1, 0.15) is 11.3 Å². The van der Waals surface area contributed by atoms with Crippen molar-refractivity contribution in [2.75, 3.05) is 11.5 Å². The molecule has 0 aliphatic rings. The second-order valence-electron chi connectivity index (χ2n) is 6.66. The van der Waals surface area contributed by atoms with E-state index in [2.05, 4.69) is 58.9 Å². The SMILES string of the molecule is CCCCc1nc2c(N)nc3ccccc3c2n1CCSc1ccccc1. The summed E-state index contributed by atoms with van der Waals surface area (Å²) in [6.45, 7) is 3.12. The van der Waals surface area contributed by atoms with Crippen molar-refractivity contribution in [1.29, 1.82) is 0 Å². The van der Waals surface area contributed by atoms with Crippen LogP contribution in [0.15, 0.2) is 59.5 Å². The minimum absolute atomic E-state index is 0.524. The summed E-state index contributed by atoms with van der Waals surface area (Å²) in [4.78, 5) is 10.7. The maximum absolute atomic E-state index is 6.26. The zero-order chi connectivity index (χ0) is 18.6. The lowest BCUT2D eigenvalue weighted by Crippen LogP contribution is -2.06. The third-order valence-electron chi connectivity index (χ3n) is 4.77.